The summed E-state index contributed by atoms with van der Waals surface area (Å²) in [5.74, 6) is 0. The molecule has 3 nitrogen and oxygen atoms in total. The average molecular weight is 169 g/mol. The minimum absolute atomic E-state index is 0.731. The Bertz CT molecular complexity index is 28.4. The predicted molar refractivity (Wildman–Crippen MR) is 38.8 cm³/mol. The summed E-state index contributed by atoms with van der Waals surface area (Å²) in [6.45, 7) is 0. The van der Waals surface area contributed by atoms with Crippen molar-refractivity contribution in [3.63, 3.8) is 0 Å². The molecule has 0 amide bonds. The minimum atomic E-state index is -1.18. The second-order valence-electron chi connectivity index (χ2n) is 0.862. The van der Waals surface area contributed by atoms with Gasteiger partial charge in [-0.3, -0.25) is 0 Å². The summed E-state index contributed by atoms with van der Waals surface area (Å²) in [4.78, 5) is 0. The quantitative estimate of drug-likeness (QED) is 0.402. The zero-order valence-corrected chi connectivity index (χ0v) is 11.7. The highest BCUT2D eigenvalue weighted by Crippen LogP contribution is 1.78. The van der Waals surface area contributed by atoms with E-state index in [0.717, 1.165) is 31.5 Å². The summed E-state index contributed by atoms with van der Waals surface area (Å²) in [5.41, 5.74) is 0. The van der Waals surface area contributed by atoms with Crippen LogP contribution in [0.1, 0.15) is 0 Å². The molecule has 0 N–H and O–H groups in total. The van der Waals surface area contributed by atoms with Crippen LogP contribution >= 0.6 is 0 Å². The lowest BCUT2D eigenvalue weighted by Crippen LogP contribution is -2.23. The topological polar surface area (TPSA) is 27.7 Å². The number of hydrogen-bond donors (Lipinski definition) is 0. The number of rotatable bonds is 3. The predicted octanol–water partition coefficient (Wildman–Crippen LogP) is -4.14. The second kappa shape index (κ2) is 4.90. The van der Waals surface area contributed by atoms with E-state index in [9.17, 15) is 0 Å². The molecule has 0 atom stereocenters. The van der Waals surface area contributed by atoms with E-state index in [1.807, 2.05) is 0 Å². The van der Waals surface area contributed by atoms with Gasteiger partial charge in [-0.25, -0.2) is 0 Å². The Kier molecular flexibility index (Phi) is 5.42. The molecule has 0 bridgehead atoms. The maximum absolute atomic E-state index is 4.91. The molecule has 7 heavy (non-hydrogen) atoms. The Hall–Kier alpha value is 0.748. The Morgan fingerprint density at radius 2 is 1.14 bits per heavy atom. The molecule has 0 aromatic rings. The van der Waals surface area contributed by atoms with E-state index in [1.54, 1.807) is 0 Å². The van der Waals surface area contributed by atoms with E-state index >= 15 is 0 Å². The van der Waals surface area contributed by atoms with Crippen molar-refractivity contribution in [2.45, 2.75) is 0 Å². The molecule has 0 rings (SSSR count). The molecule has 7 heteroatoms. The summed E-state index contributed by atoms with van der Waals surface area (Å²) >= 11 is 0. The zero-order valence-electron chi connectivity index (χ0n) is 4.72. The Labute approximate surface area is 53.9 Å². The van der Waals surface area contributed by atoms with Crippen LogP contribution in [0.25, 0.3) is 0 Å². The zero-order chi connectivity index (χ0) is 5.70. The Balaban J connectivity index is 2.99. The maximum atomic E-state index is 4.91. The van der Waals surface area contributed by atoms with Gasteiger partial charge in [0.15, 0.2) is 0 Å². The van der Waals surface area contributed by atoms with Crippen LogP contribution in [-0.4, -0.2) is 41.0 Å². The van der Waals surface area contributed by atoms with Crippen LogP contribution in [0, 0.1) is 0 Å². The highest BCUT2D eigenvalue weighted by atomic mass is 28.4. The molecular weight excluding hydrogens is 160 g/mol. The summed E-state index contributed by atoms with van der Waals surface area (Å²) in [6.07, 6.45) is 0. The molecule has 0 aromatic heterocycles. The van der Waals surface area contributed by atoms with Gasteiger partial charge in [-0.05, 0) is 0 Å². The third-order valence-corrected chi connectivity index (χ3v) is 4.50. The van der Waals surface area contributed by atoms with E-state index in [2.05, 4.69) is 0 Å². The first-order valence-electron chi connectivity index (χ1n) is 1.84. The molecule has 0 aliphatic heterocycles. The Morgan fingerprint density at radius 1 is 0.857 bits per heavy atom. The van der Waals surface area contributed by atoms with Crippen LogP contribution in [0.15, 0.2) is 0 Å². The first-order valence-corrected chi connectivity index (χ1v) is 5.51. The highest BCUT2D eigenvalue weighted by molar-refractivity contribution is 6.50. The highest BCUT2D eigenvalue weighted by Gasteiger charge is 2.07. The van der Waals surface area contributed by atoms with Crippen molar-refractivity contribution in [3.05, 3.63) is 0 Å². The lowest BCUT2D eigenvalue weighted by molar-refractivity contribution is 0.347. The fourth-order valence-corrected chi connectivity index (χ4v) is 6.75. The van der Waals surface area contributed by atoms with Gasteiger partial charge in [-0.2, -0.15) is 0 Å². The maximum Gasteiger partial charge on any atom is 0.542 e. The smallest absolute Gasteiger partial charge is 0.423 e. The van der Waals surface area contributed by atoms with E-state index in [4.69, 9.17) is 12.3 Å². The molecule has 1 radical (unpaired) electrons. The van der Waals surface area contributed by atoms with Crippen LogP contribution < -0.4 is 0 Å². The molecule has 0 saturated heterocycles. The van der Waals surface area contributed by atoms with E-state index in [1.165, 1.54) is 0 Å². The third kappa shape index (κ3) is 3.34. The van der Waals surface area contributed by atoms with Gasteiger partial charge in [0.1, 0.15) is 31.5 Å². The molecular formula is H9O3Si4. The van der Waals surface area contributed by atoms with Gasteiger partial charge in [0.2, 0.25) is 0 Å². The number of hydrogen-bond acceptors (Lipinski definition) is 3. The van der Waals surface area contributed by atoms with Gasteiger partial charge in [0.25, 0.3) is 0 Å². The van der Waals surface area contributed by atoms with Gasteiger partial charge in [-0.1, -0.05) is 0 Å². The van der Waals surface area contributed by atoms with Crippen LogP contribution in [0.3, 0.4) is 0 Å². The molecule has 0 aromatic carbocycles. The lowest BCUT2D eigenvalue weighted by atomic mass is 15.7. The molecule has 0 aliphatic rings. The molecule has 0 fully saturated rings. The van der Waals surface area contributed by atoms with Crippen molar-refractivity contribution in [2.75, 3.05) is 0 Å². The van der Waals surface area contributed by atoms with Crippen LogP contribution in [0.2, 0.25) is 0 Å². The summed E-state index contributed by atoms with van der Waals surface area (Å²) in [6, 6.07) is 0. The lowest BCUT2D eigenvalue weighted by Gasteiger charge is -2.04. The Morgan fingerprint density at radius 3 is 1.14 bits per heavy atom. The SMILES string of the molecule is [SiH3]O[Si](O[SiH3])O[SiH3]. The van der Waals surface area contributed by atoms with E-state index in [0.29, 0.717) is 0 Å². The van der Waals surface area contributed by atoms with Crippen molar-refractivity contribution < 1.29 is 12.3 Å². The molecule has 0 saturated carbocycles. The fraction of sp³-hybridized carbons (Fsp3) is 0. The van der Waals surface area contributed by atoms with Gasteiger partial charge in [-0.15, -0.1) is 0 Å². The van der Waals surface area contributed by atoms with Crippen molar-refractivity contribution in [2.24, 2.45) is 0 Å². The molecule has 0 aliphatic carbocycles. The van der Waals surface area contributed by atoms with Crippen LogP contribution in [0.4, 0.5) is 0 Å². The average Bonchev–Trinajstić information content (AvgIpc) is 1.72. The second-order valence-corrected chi connectivity index (χ2v) is 6.26. The molecule has 0 spiro atoms. The first-order chi connectivity index (χ1) is 3.35. The summed E-state index contributed by atoms with van der Waals surface area (Å²) < 4.78 is 14.7. The normalized spacial score (nSPS) is 11.6. The monoisotopic (exact) mass is 169 g/mol. The summed E-state index contributed by atoms with van der Waals surface area (Å²) in [7, 11) is 1.02. The molecule has 0 unspecified atom stereocenters. The van der Waals surface area contributed by atoms with Gasteiger partial charge in [0, 0.05) is 0 Å². The first kappa shape index (κ1) is 7.75. The van der Waals surface area contributed by atoms with Gasteiger partial charge in [0.05, 0.1) is 0 Å². The van der Waals surface area contributed by atoms with E-state index < -0.39 is 9.53 Å². The van der Waals surface area contributed by atoms with Gasteiger partial charge >= 0.3 is 9.53 Å². The molecule has 43 valence electrons. The third-order valence-electron chi connectivity index (χ3n) is 0.500. The van der Waals surface area contributed by atoms with Crippen molar-refractivity contribution in [1.82, 2.24) is 0 Å². The van der Waals surface area contributed by atoms with Crippen molar-refractivity contribution >= 4 is 41.0 Å². The summed E-state index contributed by atoms with van der Waals surface area (Å²) in [5, 5.41) is 0. The minimum Gasteiger partial charge on any atom is -0.423 e. The fourth-order valence-electron chi connectivity index (χ4n) is 0.250. The van der Waals surface area contributed by atoms with E-state index in [-0.39, 0.29) is 0 Å². The molecule has 0 heterocycles. The van der Waals surface area contributed by atoms with Crippen molar-refractivity contribution in [3.8, 4) is 0 Å². The largest absolute Gasteiger partial charge is 0.542 e. The van der Waals surface area contributed by atoms with Crippen LogP contribution in [-0.2, 0) is 12.3 Å². The van der Waals surface area contributed by atoms with Crippen molar-refractivity contribution in [1.29, 1.82) is 0 Å². The standard InChI is InChI=1S/H9O3Si4/c4-1-7(2-5)3-6/h4-6H3. The van der Waals surface area contributed by atoms with Crippen LogP contribution in [0.5, 0.6) is 0 Å². The van der Waals surface area contributed by atoms with Gasteiger partial charge < -0.3 is 12.3 Å².